The molecule has 0 aliphatic carbocycles. The lowest BCUT2D eigenvalue weighted by Crippen LogP contribution is -2.61. The van der Waals surface area contributed by atoms with Crippen LogP contribution in [0.2, 0.25) is 0 Å². The fourth-order valence-electron chi connectivity index (χ4n) is 5.47. The number of nitrogens with one attached hydrogen (secondary N) is 2. The van der Waals surface area contributed by atoms with Crippen LogP contribution < -0.4 is 20.4 Å². The number of piperazine rings is 1. The Kier molecular flexibility index (Phi) is 6.24. The van der Waals surface area contributed by atoms with Crippen LogP contribution >= 0.6 is 0 Å². The number of carbonyl (C=O) groups excluding carboxylic acids is 1. The zero-order valence-electron chi connectivity index (χ0n) is 19.3. The lowest BCUT2D eigenvalue weighted by atomic mass is 9.82. The first kappa shape index (κ1) is 21.7. The van der Waals surface area contributed by atoms with E-state index in [1.807, 2.05) is 17.1 Å². The molecule has 3 saturated heterocycles. The van der Waals surface area contributed by atoms with E-state index >= 15 is 0 Å². The fraction of sp³-hybridized carbons (Fsp3) is 0.500. The average Bonchev–Trinajstić information content (AvgIpc) is 2.77. The van der Waals surface area contributed by atoms with E-state index < -0.39 is 0 Å². The molecule has 2 bridgehead atoms. The molecule has 5 heteroatoms. The Morgan fingerprint density at radius 2 is 2.03 bits per heavy atom. The summed E-state index contributed by atoms with van der Waals surface area (Å²) in [5.74, 6) is 0.382. The number of rotatable bonds is 5. The van der Waals surface area contributed by atoms with Crippen LogP contribution in [0.5, 0.6) is 0 Å². The normalized spacial score (nSPS) is 30.5. The van der Waals surface area contributed by atoms with Gasteiger partial charge in [0.15, 0.2) is 0 Å². The van der Waals surface area contributed by atoms with Crippen molar-refractivity contribution in [2.24, 2.45) is 5.92 Å². The molecule has 1 aromatic carbocycles. The van der Waals surface area contributed by atoms with Crippen LogP contribution in [0.1, 0.15) is 52.1 Å². The summed E-state index contributed by atoms with van der Waals surface area (Å²) < 4.78 is 0. The maximum atomic E-state index is 12.6. The first-order chi connectivity index (χ1) is 14.9. The van der Waals surface area contributed by atoms with Crippen LogP contribution in [0, 0.1) is 5.92 Å². The van der Waals surface area contributed by atoms with Crippen molar-refractivity contribution < 1.29 is 4.79 Å². The molecule has 0 radical (unpaired) electrons. The smallest absolute Gasteiger partial charge is 0.224 e. The van der Waals surface area contributed by atoms with Gasteiger partial charge in [0, 0.05) is 66.7 Å². The molecule has 5 rings (SSSR count). The molecule has 4 aliphatic rings. The quantitative estimate of drug-likeness (QED) is 0.698. The van der Waals surface area contributed by atoms with Crippen molar-refractivity contribution in [1.29, 1.82) is 0 Å². The molecule has 0 saturated carbocycles. The molecule has 0 aromatic heterocycles. The molecule has 1 aromatic rings. The Morgan fingerprint density at radius 1 is 1.23 bits per heavy atom. The van der Waals surface area contributed by atoms with Gasteiger partial charge in [0.25, 0.3) is 0 Å². The highest BCUT2D eigenvalue weighted by atomic mass is 16.2. The number of hydrogen-bond donors (Lipinski definition) is 2. The second-order valence-electron chi connectivity index (χ2n) is 9.31. The first-order valence-electron chi connectivity index (χ1n) is 11.6. The van der Waals surface area contributed by atoms with Crippen molar-refractivity contribution in [2.75, 3.05) is 22.9 Å². The summed E-state index contributed by atoms with van der Waals surface area (Å²) in [7, 11) is 0. The number of hydrogen-bond acceptors (Lipinski definition) is 4. The van der Waals surface area contributed by atoms with Gasteiger partial charge in [-0.15, -0.1) is 0 Å². The molecule has 4 heterocycles. The Balaban J connectivity index is 1.72. The van der Waals surface area contributed by atoms with Gasteiger partial charge in [-0.1, -0.05) is 31.7 Å². The summed E-state index contributed by atoms with van der Waals surface area (Å²) in [5.41, 5.74) is 4.64. The van der Waals surface area contributed by atoms with Crippen LogP contribution in [-0.2, 0) is 4.79 Å². The molecule has 0 spiro atoms. The van der Waals surface area contributed by atoms with Gasteiger partial charge in [0.1, 0.15) is 0 Å². The summed E-state index contributed by atoms with van der Waals surface area (Å²) in [6.07, 6.45) is 10.3. The maximum Gasteiger partial charge on any atom is 0.224 e. The number of amides is 1. The largest absolute Gasteiger partial charge is 0.381 e. The molecule has 31 heavy (non-hydrogen) atoms. The third-order valence-electron chi connectivity index (χ3n) is 7.30. The van der Waals surface area contributed by atoms with E-state index in [2.05, 4.69) is 67.2 Å². The van der Waals surface area contributed by atoms with E-state index in [0.717, 1.165) is 24.5 Å². The number of fused-ring (bicyclic) bond motifs is 4. The van der Waals surface area contributed by atoms with E-state index in [9.17, 15) is 4.79 Å². The SMILES string of the molecule is C=C/C=C\C=C(/C)NC1c2cc(N3C[C@H]4CC[C@@H]3CN4)ccc2N(C(C)=O)[C@@H](C)C1C. The summed E-state index contributed by atoms with van der Waals surface area (Å²) in [6, 6.07) is 8.13. The Labute approximate surface area is 186 Å². The van der Waals surface area contributed by atoms with Gasteiger partial charge in [-0.05, 0) is 51.0 Å². The van der Waals surface area contributed by atoms with Crippen LogP contribution in [0.25, 0.3) is 0 Å². The highest BCUT2D eigenvalue weighted by molar-refractivity contribution is 5.94. The molecular weight excluding hydrogens is 384 g/mol. The first-order valence-corrected chi connectivity index (χ1v) is 11.6. The molecule has 2 N–H and O–H groups in total. The van der Waals surface area contributed by atoms with Crippen molar-refractivity contribution in [3.63, 3.8) is 0 Å². The standard InChI is InChI=1S/C26H36N4O/c1-6-7-8-9-17(2)28-26-18(3)19(4)30(20(5)31)25-13-12-22(14-24(25)26)29-16-21-10-11-23(29)15-27-21/h6-9,12-14,18-19,21,23,26-28H,1,10-11,15-16H2,2-5H3/b8-7-,17-9+/t18?,19-,21+,23+,26?/m0/s1. The van der Waals surface area contributed by atoms with Crippen LogP contribution in [-0.4, -0.2) is 37.1 Å². The van der Waals surface area contributed by atoms with Gasteiger partial charge in [-0.3, -0.25) is 4.79 Å². The van der Waals surface area contributed by atoms with Gasteiger partial charge in [0.05, 0.1) is 6.04 Å². The van der Waals surface area contributed by atoms with E-state index in [-0.39, 0.29) is 23.9 Å². The second-order valence-corrected chi connectivity index (χ2v) is 9.31. The zero-order valence-corrected chi connectivity index (χ0v) is 19.3. The number of allylic oxidation sites excluding steroid dienone is 5. The number of nitrogens with zero attached hydrogens (tertiary/aromatic N) is 2. The molecule has 1 amide bonds. The van der Waals surface area contributed by atoms with Crippen molar-refractivity contribution in [3.8, 4) is 0 Å². The lowest BCUT2D eigenvalue weighted by Gasteiger charge is -2.48. The monoisotopic (exact) mass is 420 g/mol. The highest BCUT2D eigenvalue weighted by Crippen LogP contribution is 2.43. The van der Waals surface area contributed by atoms with E-state index in [0.29, 0.717) is 12.1 Å². The number of benzene rings is 1. The van der Waals surface area contributed by atoms with Gasteiger partial charge in [-0.2, -0.15) is 0 Å². The Hall–Kier alpha value is -2.53. The molecule has 5 atom stereocenters. The fourth-order valence-corrected chi connectivity index (χ4v) is 5.47. The minimum Gasteiger partial charge on any atom is -0.381 e. The van der Waals surface area contributed by atoms with Crippen molar-refractivity contribution in [3.05, 3.63) is 60.3 Å². The third-order valence-corrected chi connectivity index (χ3v) is 7.30. The number of anilines is 2. The zero-order chi connectivity index (χ0) is 22.1. The predicted molar refractivity (Wildman–Crippen MR) is 129 cm³/mol. The second kappa shape index (κ2) is 8.91. The Morgan fingerprint density at radius 3 is 2.65 bits per heavy atom. The highest BCUT2D eigenvalue weighted by Gasteiger charge is 2.39. The van der Waals surface area contributed by atoms with Crippen LogP contribution in [0.15, 0.2) is 54.8 Å². The molecule has 5 nitrogen and oxygen atoms in total. The summed E-state index contributed by atoms with van der Waals surface area (Å²) in [4.78, 5) is 17.1. The van der Waals surface area contributed by atoms with Gasteiger partial charge < -0.3 is 20.4 Å². The van der Waals surface area contributed by atoms with Crippen molar-refractivity contribution >= 4 is 17.3 Å². The Bertz CT molecular complexity index is 897. The maximum absolute atomic E-state index is 12.6. The number of piperidine rings is 2. The molecule has 166 valence electrons. The van der Waals surface area contributed by atoms with Crippen molar-refractivity contribution in [1.82, 2.24) is 10.6 Å². The van der Waals surface area contributed by atoms with Gasteiger partial charge in [-0.25, -0.2) is 0 Å². The van der Waals surface area contributed by atoms with Gasteiger partial charge >= 0.3 is 0 Å². The van der Waals surface area contributed by atoms with E-state index in [1.54, 1.807) is 13.0 Å². The summed E-state index contributed by atoms with van der Waals surface area (Å²) in [5, 5.41) is 7.39. The summed E-state index contributed by atoms with van der Waals surface area (Å²) in [6.45, 7) is 14.0. The predicted octanol–water partition coefficient (Wildman–Crippen LogP) is 4.30. The van der Waals surface area contributed by atoms with E-state index in [1.165, 1.54) is 24.1 Å². The van der Waals surface area contributed by atoms with Crippen molar-refractivity contribution in [2.45, 2.75) is 64.7 Å². The summed E-state index contributed by atoms with van der Waals surface area (Å²) >= 11 is 0. The minimum absolute atomic E-state index is 0.106. The van der Waals surface area contributed by atoms with Crippen LogP contribution in [0.4, 0.5) is 11.4 Å². The topological polar surface area (TPSA) is 47.6 Å². The van der Waals surface area contributed by atoms with Gasteiger partial charge in [0.2, 0.25) is 5.91 Å². The molecule has 2 unspecified atom stereocenters. The molecule has 4 aliphatic heterocycles. The molecular formula is C26H36N4O. The van der Waals surface area contributed by atoms with E-state index in [4.69, 9.17) is 0 Å². The third kappa shape index (κ3) is 4.16. The molecule has 3 fully saturated rings. The lowest BCUT2D eigenvalue weighted by molar-refractivity contribution is -0.117. The van der Waals surface area contributed by atoms with Crippen LogP contribution in [0.3, 0.4) is 0 Å². The number of carbonyl (C=O) groups is 1. The average molecular weight is 421 g/mol. The minimum atomic E-state index is 0.106.